The van der Waals surface area contributed by atoms with E-state index in [1.165, 1.54) is 75.4 Å². The summed E-state index contributed by atoms with van der Waals surface area (Å²) < 4.78 is 1.29. The Kier molecular flexibility index (Phi) is 3.41. The summed E-state index contributed by atoms with van der Waals surface area (Å²) in [5.41, 5.74) is 0. The van der Waals surface area contributed by atoms with Crippen LogP contribution in [0.4, 0.5) is 0 Å². The van der Waals surface area contributed by atoms with E-state index in [-0.39, 0.29) is 0 Å². The van der Waals surface area contributed by atoms with Crippen LogP contribution in [0.15, 0.2) is 12.4 Å². The van der Waals surface area contributed by atoms with E-state index in [0.717, 1.165) is 12.1 Å². The maximum atomic E-state index is 3.50. The minimum Gasteiger partial charge on any atom is -0.340 e. The Labute approximate surface area is 106 Å². The Morgan fingerprint density at radius 2 is 1.29 bits per heavy atom. The number of nitrogens with zero attached hydrogens (tertiary/aromatic N) is 1. The molecule has 2 aliphatic carbocycles. The molecule has 96 valence electrons. The number of rotatable bonds is 2. The number of hydrogen-bond acceptors (Lipinski definition) is 1. The lowest BCUT2D eigenvalue weighted by Crippen LogP contribution is -2.59. The monoisotopic (exact) mass is 235 g/mol. The molecule has 0 aromatic heterocycles. The fourth-order valence-corrected chi connectivity index (χ4v) is 4.38. The topological polar surface area (TPSA) is 12.0 Å². The van der Waals surface area contributed by atoms with Crippen LogP contribution in [0.3, 0.4) is 0 Å². The highest BCUT2D eigenvalue weighted by atomic mass is 15.5. The van der Waals surface area contributed by atoms with Gasteiger partial charge in [0.2, 0.25) is 0 Å². The zero-order chi connectivity index (χ0) is 11.6. The van der Waals surface area contributed by atoms with Crippen molar-refractivity contribution in [2.24, 2.45) is 0 Å². The largest absolute Gasteiger partial charge is 0.340 e. The van der Waals surface area contributed by atoms with Crippen LogP contribution in [0, 0.1) is 0 Å². The predicted octanol–water partition coefficient (Wildman–Crippen LogP) is 3.50. The molecule has 0 unspecified atom stereocenters. The van der Waals surface area contributed by atoms with Gasteiger partial charge in [-0.05, 0) is 51.4 Å². The molecule has 2 heteroatoms. The Bertz CT molecular complexity index is 255. The molecule has 1 aliphatic heterocycles. The average molecular weight is 235 g/mol. The lowest BCUT2D eigenvalue weighted by Gasteiger charge is -2.47. The number of hydrogen-bond donors (Lipinski definition) is 1. The fourth-order valence-electron chi connectivity index (χ4n) is 4.38. The van der Waals surface area contributed by atoms with E-state index in [0.29, 0.717) is 0 Å². The molecular formula is C15H27N2+. The van der Waals surface area contributed by atoms with E-state index in [1.54, 1.807) is 0 Å². The molecule has 0 radical (unpaired) electrons. The Balaban J connectivity index is 1.78. The summed E-state index contributed by atoms with van der Waals surface area (Å²) in [4.78, 5) is 0. The van der Waals surface area contributed by atoms with Gasteiger partial charge in [0.05, 0.1) is 18.3 Å². The second-order valence-electron chi connectivity index (χ2n) is 6.26. The summed E-state index contributed by atoms with van der Waals surface area (Å²) in [6.07, 6.45) is 19.4. The lowest BCUT2D eigenvalue weighted by atomic mass is 9.86. The molecule has 0 bridgehead atoms. The van der Waals surface area contributed by atoms with Crippen molar-refractivity contribution in [1.82, 2.24) is 5.32 Å². The Morgan fingerprint density at radius 1 is 0.765 bits per heavy atom. The predicted molar refractivity (Wildman–Crippen MR) is 71.1 cm³/mol. The molecule has 0 aromatic rings. The fraction of sp³-hybridized carbons (Fsp3) is 0.867. The van der Waals surface area contributed by atoms with E-state index >= 15 is 0 Å². The molecule has 0 aromatic carbocycles. The first kappa shape index (κ1) is 11.6. The SMILES string of the molecule is C1=C[N+](C2CCCCC2)(C2CCCCC2)CN1. The third-order valence-electron chi connectivity index (χ3n) is 5.34. The number of quaternary nitrogens is 1. The van der Waals surface area contributed by atoms with Crippen molar-refractivity contribution in [1.29, 1.82) is 0 Å². The van der Waals surface area contributed by atoms with Crippen LogP contribution in [0.5, 0.6) is 0 Å². The van der Waals surface area contributed by atoms with E-state index < -0.39 is 0 Å². The first-order valence-electron chi connectivity index (χ1n) is 7.70. The molecule has 0 amide bonds. The van der Waals surface area contributed by atoms with Gasteiger partial charge < -0.3 is 5.32 Å². The van der Waals surface area contributed by atoms with E-state index in [4.69, 9.17) is 0 Å². The zero-order valence-corrected chi connectivity index (χ0v) is 11.0. The molecular weight excluding hydrogens is 208 g/mol. The maximum absolute atomic E-state index is 3.50. The second kappa shape index (κ2) is 5.01. The van der Waals surface area contributed by atoms with Crippen LogP contribution < -0.4 is 5.32 Å². The standard InChI is InChI=1S/C15H27N2/c1-3-7-14(8-4-1)17(12-11-16-13-17)15-9-5-2-6-10-15/h11-12,14-16H,1-10,13H2/q+1. The van der Waals surface area contributed by atoms with Crippen molar-refractivity contribution in [3.05, 3.63) is 12.4 Å². The van der Waals surface area contributed by atoms with Crippen LogP contribution in [0.2, 0.25) is 0 Å². The normalized spacial score (nSPS) is 30.4. The summed E-state index contributed by atoms with van der Waals surface area (Å²) in [6.45, 7) is 1.18. The Morgan fingerprint density at radius 3 is 1.71 bits per heavy atom. The zero-order valence-electron chi connectivity index (χ0n) is 11.0. The summed E-state index contributed by atoms with van der Waals surface area (Å²) in [5, 5.41) is 3.50. The van der Waals surface area contributed by atoms with Gasteiger partial charge in [-0.25, -0.2) is 0 Å². The van der Waals surface area contributed by atoms with Crippen molar-refractivity contribution < 1.29 is 4.48 Å². The van der Waals surface area contributed by atoms with Gasteiger partial charge in [-0.3, -0.25) is 4.48 Å². The second-order valence-corrected chi connectivity index (χ2v) is 6.26. The van der Waals surface area contributed by atoms with Gasteiger partial charge in [-0.1, -0.05) is 12.8 Å². The van der Waals surface area contributed by atoms with Gasteiger partial charge in [0.15, 0.2) is 6.67 Å². The highest BCUT2D eigenvalue weighted by Gasteiger charge is 2.44. The van der Waals surface area contributed by atoms with Crippen LogP contribution >= 0.6 is 0 Å². The first-order chi connectivity index (χ1) is 8.42. The van der Waals surface area contributed by atoms with Crippen LogP contribution in [0.25, 0.3) is 0 Å². The summed E-state index contributed by atoms with van der Waals surface area (Å²) >= 11 is 0. The molecule has 0 atom stereocenters. The first-order valence-corrected chi connectivity index (χ1v) is 7.70. The molecule has 17 heavy (non-hydrogen) atoms. The van der Waals surface area contributed by atoms with Crippen molar-refractivity contribution in [3.8, 4) is 0 Å². The quantitative estimate of drug-likeness (QED) is 0.722. The van der Waals surface area contributed by atoms with Crippen LogP contribution in [-0.2, 0) is 0 Å². The minimum absolute atomic E-state index is 0.915. The van der Waals surface area contributed by atoms with Gasteiger partial charge in [-0.15, -0.1) is 0 Å². The molecule has 2 fully saturated rings. The smallest absolute Gasteiger partial charge is 0.156 e. The molecule has 3 rings (SSSR count). The highest BCUT2D eigenvalue weighted by molar-refractivity contribution is 4.86. The Hall–Kier alpha value is -0.500. The molecule has 1 heterocycles. The molecule has 0 saturated heterocycles. The molecule has 3 aliphatic rings. The maximum Gasteiger partial charge on any atom is 0.156 e. The van der Waals surface area contributed by atoms with Crippen LogP contribution in [0.1, 0.15) is 64.2 Å². The van der Waals surface area contributed by atoms with Crippen molar-refractivity contribution in [2.75, 3.05) is 6.67 Å². The summed E-state index contributed by atoms with van der Waals surface area (Å²) in [5.74, 6) is 0. The molecule has 2 saturated carbocycles. The third-order valence-corrected chi connectivity index (χ3v) is 5.34. The minimum atomic E-state index is 0.915. The van der Waals surface area contributed by atoms with Crippen LogP contribution in [-0.4, -0.2) is 23.2 Å². The van der Waals surface area contributed by atoms with Crippen molar-refractivity contribution >= 4 is 0 Å². The van der Waals surface area contributed by atoms with Crippen molar-refractivity contribution in [2.45, 2.75) is 76.3 Å². The molecule has 1 N–H and O–H groups in total. The van der Waals surface area contributed by atoms with E-state index in [2.05, 4.69) is 17.7 Å². The van der Waals surface area contributed by atoms with Gasteiger partial charge in [0.25, 0.3) is 0 Å². The van der Waals surface area contributed by atoms with Gasteiger partial charge >= 0.3 is 0 Å². The number of nitrogens with one attached hydrogen (secondary N) is 1. The van der Waals surface area contributed by atoms with E-state index in [9.17, 15) is 0 Å². The third kappa shape index (κ3) is 2.12. The van der Waals surface area contributed by atoms with Gasteiger partial charge in [0.1, 0.15) is 6.20 Å². The lowest BCUT2D eigenvalue weighted by molar-refractivity contribution is -0.927. The van der Waals surface area contributed by atoms with Gasteiger partial charge in [-0.2, -0.15) is 0 Å². The highest BCUT2D eigenvalue weighted by Crippen LogP contribution is 2.37. The molecule has 2 nitrogen and oxygen atoms in total. The summed E-state index contributed by atoms with van der Waals surface area (Å²) in [6, 6.07) is 1.83. The van der Waals surface area contributed by atoms with E-state index in [1.807, 2.05) is 0 Å². The van der Waals surface area contributed by atoms with Crippen molar-refractivity contribution in [3.63, 3.8) is 0 Å². The summed E-state index contributed by atoms with van der Waals surface area (Å²) in [7, 11) is 0. The molecule has 0 spiro atoms. The van der Waals surface area contributed by atoms with Gasteiger partial charge in [0, 0.05) is 0 Å². The average Bonchev–Trinajstić information content (AvgIpc) is 2.91.